The van der Waals surface area contributed by atoms with Gasteiger partial charge in [-0.25, -0.2) is 4.79 Å². The van der Waals surface area contributed by atoms with E-state index in [0.29, 0.717) is 19.6 Å². The second-order valence-electron chi connectivity index (χ2n) is 9.37. The average Bonchev–Trinajstić information content (AvgIpc) is 3.01. The highest BCUT2D eigenvalue weighted by molar-refractivity contribution is 7.99. The van der Waals surface area contributed by atoms with Gasteiger partial charge in [0.25, 0.3) is 0 Å². The number of hydrogen-bond acceptors (Lipinski definition) is 7. The first-order valence-corrected chi connectivity index (χ1v) is 14.4. The molecule has 4 N–H and O–H groups in total. The SMILES string of the molecule is CCO[C@@H](Cc1ccc(OCCN2c3ccccc3Sc3ccccc32)cc1)C(=O)O.NC(CO)c1ccccc1. The average molecular weight is 573 g/mol. The number of ether oxygens (including phenoxy) is 2. The molecule has 0 spiro atoms. The quantitative estimate of drug-likeness (QED) is 0.199. The molecule has 0 aliphatic carbocycles. The minimum atomic E-state index is -0.942. The number of nitrogens with zero attached hydrogens (tertiary/aromatic N) is 1. The van der Waals surface area contributed by atoms with E-state index < -0.39 is 12.1 Å². The van der Waals surface area contributed by atoms with E-state index in [1.807, 2.05) is 54.6 Å². The lowest BCUT2D eigenvalue weighted by atomic mass is 10.1. The van der Waals surface area contributed by atoms with Crippen LogP contribution in [-0.2, 0) is 16.0 Å². The van der Waals surface area contributed by atoms with Crippen LogP contribution >= 0.6 is 11.8 Å². The lowest BCUT2D eigenvalue weighted by Gasteiger charge is -2.32. The lowest BCUT2D eigenvalue weighted by Crippen LogP contribution is -2.26. The maximum Gasteiger partial charge on any atom is 0.333 e. The molecule has 8 heteroatoms. The van der Waals surface area contributed by atoms with Gasteiger partial charge < -0.3 is 30.3 Å². The predicted octanol–water partition coefficient (Wildman–Crippen LogP) is 6.08. The molecule has 0 radical (unpaired) electrons. The van der Waals surface area contributed by atoms with Gasteiger partial charge in [0.15, 0.2) is 6.10 Å². The Morgan fingerprint density at radius 2 is 1.46 bits per heavy atom. The summed E-state index contributed by atoms with van der Waals surface area (Å²) in [6.07, 6.45) is -0.489. The number of hydrogen-bond donors (Lipinski definition) is 3. The van der Waals surface area contributed by atoms with E-state index in [1.54, 1.807) is 18.7 Å². The summed E-state index contributed by atoms with van der Waals surface area (Å²) in [4.78, 5) is 16.1. The number of carbonyl (C=O) groups is 1. The van der Waals surface area contributed by atoms with E-state index in [-0.39, 0.29) is 12.6 Å². The first-order valence-electron chi connectivity index (χ1n) is 13.6. The number of anilines is 2. The molecule has 2 atom stereocenters. The normalized spacial score (nSPS) is 13.2. The van der Waals surface area contributed by atoms with Crippen molar-refractivity contribution in [1.82, 2.24) is 0 Å². The molecular formula is C33H36N2O5S. The van der Waals surface area contributed by atoms with Crippen LogP contribution in [0.15, 0.2) is 113 Å². The molecule has 0 amide bonds. The second-order valence-corrected chi connectivity index (χ2v) is 10.5. The third-order valence-corrected chi connectivity index (χ3v) is 7.66. The second kappa shape index (κ2) is 15.3. The van der Waals surface area contributed by atoms with Crippen molar-refractivity contribution in [1.29, 1.82) is 0 Å². The molecule has 1 aliphatic heterocycles. The molecule has 1 heterocycles. The lowest BCUT2D eigenvalue weighted by molar-refractivity contribution is -0.149. The largest absolute Gasteiger partial charge is 0.492 e. The molecule has 0 saturated heterocycles. The highest BCUT2D eigenvalue weighted by Gasteiger charge is 2.22. The smallest absolute Gasteiger partial charge is 0.333 e. The fraction of sp³-hybridized carbons (Fsp3) is 0.242. The summed E-state index contributed by atoms with van der Waals surface area (Å²) in [5.41, 5.74) is 9.82. The van der Waals surface area contributed by atoms with Crippen molar-refractivity contribution in [2.24, 2.45) is 5.73 Å². The number of para-hydroxylation sites is 2. The van der Waals surface area contributed by atoms with Crippen LogP contribution in [0.4, 0.5) is 11.4 Å². The summed E-state index contributed by atoms with van der Waals surface area (Å²) >= 11 is 1.79. The fourth-order valence-corrected chi connectivity index (χ4v) is 5.53. The number of rotatable bonds is 11. The van der Waals surface area contributed by atoms with Gasteiger partial charge in [-0.2, -0.15) is 0 Å². The van der Waals surface area contributed by atoms with E-state index in [4.69, 9.17) is 20.3 Å². The van der Waals surface area contributed by atoms with Crippen molar-refractivity contribution in [3.63, 3.8) is 0 Å². The zero-order valence-electron chi connectivity index (χ0n) is 23.1. The molecule has 0 aromatic heterocycles. The molecule has 1 unspecified atom stereocenters. The van der Waals surface area contributed by atoms with Gasteiger partial charge in [-0.05, 0) is 54.4 Å². The summed E-state index contributed by atoms with van der Waals surface area (Å²) in [6, 6.07) is 33.7. The maximum absolute atomic E-state index is 11.3. The zero-order chi connectivity index (χ0) is 29.0. The van der Waals surface area contributed by atoms with Crippen molar-refractivity contribution in [2.75, 3.05) is 31.3 Å². The van der Waals surface area contributed by atoms with Crippen LogP contribution in [0.5, 0.6) is 5.75 Å². The Morgan fingerprint density at radius 3 is 2.02 bits per heavy atom. The van der Waals surface area contributed by atoms with Gasteiger partial charge in [0.2, 0.25) is 0 Å². The van der Waals surface area contributed by atoms with Gasteiger partial charge >= 0.3 is 5.97 Å². The van der Waals surface area contributed by atoms with E-state index in [9.17, 15) is 9.90 Å². The summed E-state index contributed by atoms with van der Waals surface area (Å²) in [5.74, 6) is -0.178. The molecule has 4 aromatic rings. The Morgan fingerprint density at radius 1 is 0.878 bits per heavy atom. The van der Waals surface area contributed by atoms with E-state index in [0.717, 1.165) is 23.4 Å². The van der Waals surface area contributed by atoms with Gasteiger partial charge in [-0.1, -0.05) is 78.5 Å². The highest BCUT2D eigenvalue weighted by Crippen LogP contribution is 2.47. The van der Waals surface area contributed by atoms with Gasteiger partial charge in [-0.15, -0.1) is 0 Å². The van der Waals surface area contributed by atoms with Gasteiger partial charge in [0.05, 0.1) is 30.6 Å². The molecule has 0 bridgehead atoms. The van der Waals surface area contributed by atoms with Crippen molar-refractivity contribution in [3.8, 4) is 5.75 Å². The van der Waals surface area contributed by atoms with Crippen LogP contribution in [-0.4, -0.2) is 48.7 Å². The van der Waals surface area contributed by atoms with Crippen LogP contribution in [0.2, 0.25) is 0 Å². The molecule has 5 rings (SSSR count). The predicted molar refractivity (Wildman–Crippen MR) is 163 cm³/mol. The number of carboxylic acids is 1. The number of carboxylic acid groups (broad SMARTS) is 1. The number of aliphatic hydroxyl groups excluding tert-OH is 1. The molecular weight excluding hydrogens is 536 g/mol. The minimum absolute atomic E-state index is 0.00398. The Bertz CT molecular complexity index is 1340. The van der Waals surface area contributed by atoms with Crippen molar-refractivity contribution in [3.05, 3.63) is 114 Å². The van der Waals surface area contributed by atoms with Crippen LogP contribution in [0.25, 0.3) is 0 Å². The summed E-state index contributed by atoms with van der Waals surface area (Å²) in [6.45, 7) is 3.43. The molecule has 0 fully saturated rings. The van der Waals surface area contributed by atoms with E-state index in [2.05, 4.69) is 53.4 Å². The van der Waals surface area contributed by atoms with Crippen LogP contribution in [0.1, 0.15) is 24.1 Å². The van der Waals surface area contributed by atoms with E-state index in [1.165, 1.54) is 21.2 Å². The van der Waals surface area contributed by atoms with Crippen molar-refractivity contribution in [2.45, 2.75) is 35.3 Å². The highest BCUT2D eigenvalue weighted by atomic mass is 32.2. The summed E-state index contributed by atoms with van der Waals surface area (Å²) in [7, 11) is 0. The molecule has 41 heavy (non-hydrogen) atoms. The molecule has 4 aromatic carbocycles. The Kier molecular flexibility index (Phi) is 11.2. The topological polar surface area (TPSA) is 105 Å². The standard InChI is InChI=1S/C25H25NO4S.C8H11NO/c1-2-29-22(25(27)28)17-18-11-13-19(14-12-18)30-16-15-26-20-7-3-5-9-23(20)31-24-10-6-4-8-21(24)26;9-8(6-10)7-4-2-1-3-5-7/h3-14,22H,2,15-17H2,1H3,(H,27,28);1-5,8,10H,6,9H2/t22-;/m0./s1. The molecule has 214 valence electrons. The van der Waals surface area contributed by atoms with Gasteiger partial charge in [0.1, 0.15) is 12.4 Å². The van der Waals surface area contributed by atoms with Crippen molar-refractivity contribution >= 4 is 29.1 Å². The number of fused-ring (bicyclic) bond motifs is 2. The maximum atomic E-state index is 11.3. The summed E-state index contributed by atoms with van der Waals surface area (Å²) < 4.78 is 11.3. The van der Waals surface area contributed by atoms with Gasteiger partial charge in [0, 0.05) is 22.8 Å². The molecule has 7 nitrogen and oxygen atoms in total. The van der Waals surface area contributed by atoms with Crippen LogP contribution in [0, 0.1) is 0 Å². The third-order valence-electron chi connectivity index (χ3n) is 6.53. The van der Waals surface area contributed by atoms with Crippen molar-refractivity contribution < 1.29 is 24.5 Å². The number of nitrogens with two attached hydrogens (primary N) is 1. The number of aliphatic carboxylic acids is 1. The number of benzene rings is 4. The third kappa shape index (κ3) is 8.34. The Hall–Kier alpha value is -3.82. The molecule has 0 saturated carbocycles. The zero-order valence-corrected chi connectivity index (χ0v) is 23.9. The molecule has 1 aliphatic rings. The first kappa shape index (κ1) is 30.1. The first-order chi connectivity index (χ1) is 20.0. The Balaban J connectivity index is 0.000000328. The van der Waals surface area contributed by atoms with Crippen LogP contribution in [0.3, 0.4) is 0 Å². The fourth-order valence-electron chi connectivity index (χ4n) is 4.44. The van der Waals surface area contributed by atoms with Gasteiger partial charge in [-0.3, -0.25) is 0 Å². The Labute approximate surface area is 245 Å². The monoisotopic (exact) mass is 572 g/mol. The summed E-state index contributed by atoms with van der Waals surface area (Å²) in [5, 5.41) is 17.9. The van der Waals surface area contributed by atoms with E-state index >= 15 is 0 Å². The number of aliphatic hydroxyl groups is 1. The minimum Gasteiger partial charge on any atom is -0.492 e. The van der Waals surface area contributed by atoms with Crippen LogP contribution < -0.4 is 15.4 Å².